The Morgan fingerprint density at radius 3 is 2.25 bits per heavy atom. The highest BCUT2D eigenvalue weighted by atomic mass is 35.5. The van der Waals surface area contributed by atoms with Crippen molar-refractivity contribution in [1.82, 2.24) is 5.32 Å². The van der Waals surface area contributed by atoms with E-state index < -0.39 is 0 Å². The number of nitrogens with two attached hydrogens (primary N) is 1. The molecule has 0 saturated heterocycles. The quantitative estimate of drug-likeness (QED) is 0.753. The third-order valence-corrected chi connectivity index (χ3v) is 3.53. The maximum Gasteiger partial charge on any atom is 0.224 e. The Hall–Kier alpha value is -2.40. The van der Waals surface area contributed by atoms with E-state index in [1.165, 1.54) is 0 Å². The van der Waals surface area contributed by atoms with Crippen LogP contribution >= 0.6 is 12.4 Å². The molecular formula is C18H23ClN2O3. The van der Waals surface area contributed by atoms with Crippen LogP contribution in [0.3, 0.4) is 0 Å². The molecule has 0 heterocycles. The van der Waals surface area contributed by atoms with E-state index in [9.17, 15) is 4.79 Å². The Morgan fingerprint density at radius 2 is 1.62 bits per heavy atom. The van der Waals surface area contributed by atoms with Crippen molar-refractivity contribution in [2.45, 2.75) is 12.8 Å². The van der Waals surface area contributed by atoms with Gasteiger partial charge in [-0.15, -0.1) is 12.4 Å². The van der Waals surface area contributed by atoms with Crippen molar-refractivity contribution in [3.05, 3.63) is 53.6 Å². The fourth-order valence-corrected chi connectivity index (χ4v) is 2.27. The van der Waals surface area contributed by atoms with Crippen LogP contribution in [0, 0.1) is 0 Å². The minimum absolute atomic E-state index is 0. The zero-order chi connectivity index (χ0) is 16.7. The SMILES string of the molecule is COc1ccc(CC(=O)NCCc2ccc(N)cc2)cc1OC.Cl. The van der Waals surface area contributed by atoms with Gasteiger partial charge in [0, 0.05) is 12.2 Å². The lowest BCUT2D eigenvalue weighted by Gasteiger charge is -2.10. The van der Waals surface area contributed by atoms with Crippen molar-refractivity contribution in [1.29, 1.82) is 0 Å². The summed E-state index contributed by atoms with van der Waals surface area (Å²) in [5.74, 6) is 1.26. The Bertz CT molecular complexity index is 660. The number of carbonyl (C=O) groups excluding carboxylic acids is 1. The van der Waals surface area contributed by atoms with Gasteiger partial charge >= 0.3 is 0 Å². The minimum atomic E-state index is -0.0207. The highest BCUT2D eigenvalue weighted by molar-refractivity contribution is 5.85. The van der Waals surface area contributed by atoms with Crippen molar-refractivity contribution in [2.24, 2.45) is 0 Å². The van der Waals surface area contributed by atoms with Gasteiger partial charge in [0.1, 0.15) is 0 Å². The molecule has 0 unspecified atom stereocenters. The van der Waals surface area contributed by atoms with E-state index in [0.29, 0.717) is 24.5 Å². The summed E-state index contributed by atoms with van der Waals surface area (Å²) < 4.78 is 10.4. The number of rotatable bonds is 7. The number of ether oxygens (including phenoxy) is 2. The van der Waals surface area contributed by atoms with Gasteiger partial charge < -0.3 is 20.5 Å². The molecule has 0 spiro atoms. The first-order valence-electron chi connectivity index (χ1n) is 7.44. The molecule has 0 fully saturated rings. The number of hydrogen-bond donors (Lipinski definition) is 2. The standard InChI is InChI=1S/C18H22N2O3.ClH/c1-22-16-8-5-14(11-17(16)23-2)12-18(21)20-10-9-13-3-6-15(19)7-4-13;/h3-8,11H,9-10,12,19H2,1-2H3,(H,20,21);1H. The summed E-state index contributed by atoms with van der Waals surface area (Å²) in [4.78, 5) is 12.0. The summed E-state index contributed by atoms with van der Waals surface area (Å²) in [7, 11) is 3.16. The number of halogens is 1. The zero-order valence-electron chi connectivity index (χ0n) is 13.9. The number of methoxy groups -OCH3 is 2. The lowest BCUT2D eigenvalue weighted by Crippen LogP contribution is -2.27. The van der Waals surface area contributed by atoms with Crippen molar-refractivity contribution < 1.29 is 14.3 Å². The Labute approximate surface area is 148 Å². The average molecular weight is 351 g/mol. The van der Waals surface area contributed by atoms with E-state index in [1.807, 2.05) is 36.4 Å². The summed E-state index contributed by atoms with van der Waals surface area (Å²) in [5, 5.41) is 2.92. The van der Waals surface area contributed by atoms with Crippen LogP contribution in [-0.4, -0.2) is 26.7 Å². The first-order valence-corrected chi connectivity index (χ1v) is 7.44. The molecule has 0 aromatic heterocycles. The maximum atomic E-state index is 12.0. The molecular weight excluding hydrogens is 328 g/mol. The predicted molar refractivity (Wildman–Crippen MR) is 98.1 cm³/mol. The first-order chi connectivity index (χ1) is 11.1. The molecule has 0 saturated carbocycles. The minimum Gasteiger partial charge on any atom is -0.493 e. The smallest absolute Gasteiger partial charge is 0.224 e. The fourth-order valence-electron chi connectivity index (χ4n) is 2.27. The highest BCUT2D eigenvalue weighted by Crippen LogP contribution is 2.27. The first kappa shape index (κ1) is 19.6. The lowest BCUT2D eigenvalue weighted by atomic mass is 10.1. The number of nitrogens with one attached hydrogen (secondary N) is 1. The number of hydrogen-bond acceptors (Lipinski definition) is 4. The number of amides is 1. The molecule has 0 bridgehead atoms. The van der Waals surface area contributed by atoms with Gasteiger partial charge in [0.15, 0.2) is 11.5 Å². The summed E-state index contributed by atoms with van der Waals surface area (Å²) in [6, 6.07) is 13.1. The van der Waals surface area contributed by atoms with Gasteiger partial charge in [-0.3, -0.25) is 4.79 Å². The van der Waals surface area contributed by atoms with E-state index in [4.69, 9.17) is 15.2 Å². The summed E-state index contributed by atoms with van der Waals surface area (Å²) in [6.45, 7) is 0.593. The van der Waals surface area contributed by atoms with Crippen molar-refractivity contribution in [3.8, 4) is 11.5 Å². The lowest BCUT2D eigenvalue weighted by molar-refractivity contribution is -0.120. The Morgan fingerprint density at radius 1 is 1.00 bits per heavy atom. The monoisotopic (exact) mass is 350 g/mol. The van der Waals surface area contributed by atoms with Crippen LogP contribution in [0.15, 0.2) is 42.5 Å². The van der Waals surface area contributed by atoms with Gasteiger partial charge in [-0.25, -0.2) is 0 Å². The third kappa shape index (κ3) is 5.66. The summed E-state index contributed by atoms with van der Waals surface area (Å²) in [6.07, 6.45) is 1.08. The largest absolute Gasteiger partial charge is 0.493 e. The zero-order valence-corrected chi connectivity index (χ0v) is 14.7. The molecule has 2 aromatic carbocycles. The van der Waals surface area contributed by atoms with Crippen LogP contribution in [0.1, 0.15) is 11.1 Å². The molecule has 5 nitrogen and oxygen atoms in total. The molecule has 2 rings (SSSR count). The third-order valence-electron chi connectivity index (χ3n) is 3.53. The van der Waals surface area contributed by atoms with Crippen molar-refractivity contribution in [3.63, 3.8) is 0 Å². The molecule has 130 valence electrons. The highest BCUT2D eigenvalue weighted by Gasteiger charge is 2.08. The van der Waals surface area contributed by atoms with Gasteiger partial charge in [-0.2, -0.15) is 0 Å². The van der Waals surface area contributed by atoms with E-state index in [2.05, 4.69) is 5.32 Å². The van der Waals surface area contributed by atoms with Crippen LogP contribution < -0.4 is 20.5 Å². The van der Waals surface area contributed by atoms with Gasteiger partial charge in [-0.1, -0.05) is 18.2 Å². The van der Waals surface area contributed by atoms with Crippen LogP contribution in [-0.2, 0) is 17.6 Å². The molecule has 3 N–H and O–H groups in total. The molecule has 0 aliphatic heterocycles. The van der Waals surface area contributed by atoms with Gasteiger partial charge in [0.05, 0.1) is 20.6 Å². The van der Waals surface area contributed by atoms with Crippen LogP contribution in [0.4, 0.5) is 5.69 Å². The van der Waals surface area contributed by atoms with Crippen molar-refractivity contribution in [2.75, 3.05) is 26.5 Å². The molecule has 24 heavy (non-hydrogen) atoms. The van der Waals surface area contributed by atoms with Crippen LogP contribution in [0.5, 0.6) is 11.5 Å². The molecule has 2 aromatic rings. The van der Waals surface area contributed by atoms with E-state index >= 15 is 0 Å². The second-order valence-electron chi connectivity index (χ2n) is 5.21. The molecule has 0 aliphatic carbocycles. The molecule has 1 amide bonds. The topological polar surface area (TPSA) is 73.6 Å². The van der Waals surface area contributed by atoms with E-state index in [1.54, 1.807) is 20.3 Å². The van der Waals surface area contributed by atoms with E-state index in [0.717, 1.165) is 23.2 Å². The number of benzene rings is 2. The average Bonchev–Trinajstić information content (AvgIpc) is 2.56. The van der Waals surface area contributed by atoms with Gasteiger partial charge in [0.2, 0.25) is 5.91 Å². The van der Waals surface area contributed by atoms with Crippen LogP contribution in [0.2, 0.25) is 0 Å². The number of nitrogen functional groups attached to an aromatic ring is 1. The van der Waals surface area contributed by atoms with Crippen LogP contribution in [0.25, 0.3) is 0 Å². The molecule has 0 atom stereocenters. The Kier molecular flexibility index (Phi) is 7.92. The number of anilines is 1. The Balaban J connectivity index is 0.00000288. The maximum absolute atomic E-state index is 12.0. The number of carbonyl (C=O) groups is 1. The van der Waals surface area contributed by atoms with Gasteiger partial charge in [0.25, 0.3) is 0 Å². The normalized spacial score (nSPS) is 9.75. The molecule has 0 radical (unpaired) electrons. The molecule has 6 heteroatoms. The van der Waals surface area contributed by atoms with Crippen molar-refractivity contribution >= 4 is 24.0 Å². The summed E-state index contributed by atoms with van der Waals surface area (Å²) in [5.41, 5.74) is 8.41. The second kappa shape index (κ2) is 9.67. The van der Waals surface area contributed by atoms with Gasteiger partial charge in [-0.05, 0) is 41.8 Å². The summed E-state index contributed by atoms with van der Waals surface area (Å²) >= 11 is 0. The molecule has 0 aliphatic rings. The predicted octanol–water partition coefficient (Wildman–Crippen LogP) is 2.61. The van der Waals surface area contributed by atoms with E-state index in [-0.39, 0.29) is 18.3 Å². The fraction of sp³-hybridized carbons (Fsp3) is 0.278. The second-order valence-corrected chi connectivity index (χ2v) is 5.21.